The zero-order chi connectivity index (χ0) is 14.6. The van der Waals surface area contributed by atoms with Crippen LogP contribution in [0.2, 0.25) is 0 Å². The average Bonchev–Trinajstić information content (AvgIpc) is 2.57. The predicted molar refractivity (Wildman–Crippen MR) is 80.5 cm³/mol. The summed E-state index contributed by atoms with van der Waals surface area (Å²) in [6, 6.07) is 0.485. The molecule has 0 fully saturated rings. The van der Waals surface area contributed by atoms with E-state index in [1.165, 1.54) is 5.57 Å². The fourth-order valence-electron chi connectivity index (χ4n) is 1.99. The zero-order valence-corrected chi connectivity index (χ0v) is 13.2. The van der Waals surface area contributed by atoms with Gasteiger partial charge < -0.3 is 10.1 Å². The highest BCUT2D eigenvalue weighted by Crippen LogP contribution is 2.25. The summed E-state index contributed by atoms with van der Waals surface area (Å²) in [7, 11) is 3.60. The Morgan fingerprint density at radius 1 is 1.37 bits per heavy atom. The van der Waals surface area contributed by atoms with Gasteiger partial charge in [0, 0.05) is 19.6 Å². The van der Waals surface area contributed by atoms with Gasteiger partial charge in [0.2, 0.25) is 5.88 Å². The smallest absolute Gasteiger partial charge is 0.218 e. The number of nitrogens with one attached hydrogen (secondary N) is 1. The molecule has 4 nitrogen and oxygen atoms in total. The van der Waals surface area contributed by atoms with Crippen molar-refractivity contribution in [3.63, 3.8) is 0 Å². The minimum Gasteiger partial charge on any atom is -0.481 e. The molecule has 0 saturated heterocycles. The van der Waals surface area contributed by atoms with Gasteiger partial charge >= 0.3 is 0 Å². The minimum atomic E-state index is 0.485. The Morgan fingerprint density at radius 2 is 2.00 bits per heavy atom. The molecule has 1 rings (SSSR count). The fraction of sp³-hybridized carbons (Fsp3) is 0.667. The Balaban J connectivity index is 3.08. The van der Waals surface area contributed by atoms with E-state index >= 15 is 0 Å². The normalized spacial score (nSPS) is 12.6. The first kappa shape index (κ1) is 15.8. The van der Waals surface area contributed by atoms with Crippen LogP contribution >= 0.6 is 0 Å². The second kappa shape index (κ2) is 6.75. The van der Waals surface area contributed by atoms with E-state index in [0.29, 0.717) is 12.0 Å². The molecular weight excluding hydrogens is 238 g/mol. The quantitative estimate of drug-likeness (QED) is 0.859. The van der Waals surface area contributed by atoms with Crippen molar-refractivity contribution in [3.05, 3.63) is 16.8 Å². The maximum Gasteiger partial charge on any atom is 0.218 e. The second-order valence-electron chi connectivity index (χ2n) is 5.54. The lowest BCUT2D eigenvalue weighted by molar-refractivity contribution is 0.372. The average molecular weight is 265 g/mol. The van der Waals surface area contributed by atoms with E-state index in [1.807, 2.05) is 14.0 Å². The minimum absolute atomic E-state index is 0.485. The lowest BCUT2D eigenvalue weighted by Crippen LogP contribution is -2.26. The standard InChI is InChI=1S/C15H27N3O/c1-10(2)13(9-16-11(3)4)8-14-12(5)17-18(6)15(14)19-7/h8,10-11,16H,9H2,1-7H3/b13-8-. The summed E-state index contributed by atoms with van der Waals surface area (Å²) >= 11 is 0. The van der Waals surface area contributed by atoms with Crippen LogP contribution in [0.1, 0.15) is 39.0 Å². The molecule has 0 bridgehead atoms. The molecule has 1 N–H and O–H groups in total. The van der Waals surface area contributed by atoms with Crippen molar-refractivity contribution in [2.75, 3.05) is 13.7 Å². The summed E-state index contributed by atoms with van der Waals surface area (Å²) in [5.74, 6) is 1.32. The van der Waals surface area contributed by atoms with Crippen LogP contribution in [0.4, 0.5) is 0 Å². The van der Waals surface area contributed by atoms with Crippen molar-refractivity contribution in [2.24, 2.45) is 13.0 Å². The Kier molecular flexibility index (Phi) is 5.60. The Morgan fingerprint density at radius 3 is 2.47 bits per heavy atom. The van der Waals surface area contributed by atoms with Gasteiger partial charge in [-0.1, -0.05) is 33.3 Å². The number of rotatable bonds is 6. The molecule has 0 unspecified atom stereocenters. The lowest BCUT2D eigenvalue weighted by Gasteiger charge is -2.15. The molecule has 0 saturated carbocycles. The van der Waals surface area contributed by atoms with Crippen LogP contribution in [0.5, 0.6) is 5.88 Å². The summed E-state index contributed by atoms with van der Waals surface area (Å²) in [6.45, 7) is 11.7. The molecule has 0 aromatic carbocycles. The van der Waals surface area contributed by atoms with Gasteiger partial charge in [0.05, 0.1) is 18.4 Å². The van der Waals surface area contributed by atoms with Crippen LogP contribution in [0.3, 0.4) is 0 Å². The van der Waals surface area contributed by atoms with Crippen LogP contribution < -0.4 is 10.1 Å². The van der Waals surface area contributed by atoms with Gasteiger partial charge in [-0.2, -0.15) is 5.10 Å². The highest BCUT2D eigenvalue weighted by Gasteiger charge is 2.14. The maximum atomic E-state index is 5.44. The van der Waals surface area contributed by atoms with Gasteiger partial charge in [0.15, 0.2) is 0 Å². The highest BCUT2D eigenvalue weighted by atomic mass is 16.5. The largest absolute Gasteiger partial charge is 0.481 e. The van der Waals surface area contributed by atoms with Crippen molar-refractivity contribution in [2.45, 2.75) is 40.7 Å². The van der Waals surface area contributed by atoms with E-state index in [4.69, 9.17) is 4.74 Å². The van der Waals surface area contributed by atoms with Crippen molar-refractivity contribution in [1.29, 1.82) is 0 Å². The van der Waals surface area contributed by atoms with E-state index in [2.05, 4.69) is 44.2 Å². The first-order valence-electron chi connectivity index (χ1n) is 6.88. The molecule has 1 aromatic heterocycles. The summed E-state index contributed by atoms with van der Waals surface area (Å²) in [4.78, 5) is 0. The number of aromatic nitrogens is 2. The molecule has 0 spiro atoms. The van der Waals surface area contributed by atoms with Crippen molar-refractivity contribution < 1.29 is 4.74 Å². The van der Waals surface area contributed by atoms with Crippen molar-refractivity contribution in [1.82, 2.24) is 15.1 Å². The summed E-state index contributed by atoms with van der Waals surface area (Å²) in [5.41, 5.74) is 3.45. The first-order valence-corrected chi connectivity index (χ1v) is 6.88. The predicted octanol–water partition coefficient (Wildman–Crippen LogP) is 2.77. The monoisotopic (exact) mass is 265 g/mol. The van der Waals surface area contributed by atoms with Crippen LogP contribution in [-0.4, -0.2) is 29.5 Å². The molecule has 1 aromatic rings. The number of nitrogens with zero attached hydrogens (tertiary/aromatic N) is 2. The molecule has 0 aliphatic carbocycles. The molecule has 0 aliphatic heterocycles. The van der Waals surface area contributed by atoms with Crippen LogP contribution in [0.25, 0.3) is 6.08 Å². The number of methoxy groups -OCH3 is 1. The molecule has 0 amide bonds. The Hall–Kier alpha value is -1.29. The van der Waals surface area contributed by atoms with Crippen LogP contribution in [0, 0.1) is 12.8 Å². The number of ether oxygens (including phenoxy) is 1. The molecule has 0 aliphatic rings. The third-order valence-electron chi connectivity index (χ3n) is 3.19. The maximum absolute atomic E-state index is 5.44. The van der Waals surface area contributed by atoms with Gasteiger partial charge in [-0.3, -0.25) is 0 Å². The van der Waals surface area contributed by atoms with Crippen molar-refractivity contribution >= 4 is 6.08 Å². The van der Waals surface area contributed by atoms with Crippen LogP contribution in [-0.2, 0) is 7.05 Å². The number of hydrogen-bond acceptors (Lipinski definition) is 3. The lowest BCUT2D eigenvalue weighted by atomic mass is 10.00. The third kappa shape index (κ3) is 4.10. The molecule has 108 valence electrons. The van der Waals surface area contributed by atoms with E-state index in [-0.39, 0.29) is 0 Å². The summed E-state index contributed by atoms with van der Waals surface area (Å²) < 4.78 is 7.23. The van der Waals surface area contributed by atoms with Gasteiger partial charge in [0.1, 0.15) is 0 Å². The van der Waals surface area contributed by atoms with E-state index < -0.39 is 0 Å². The van der Waals surface area contributed by atoms with E-state index in [9.17, 15) is 0 Å². The van der Waals surface area contributed by atoms with Gasteiger partial charge in [-0.25, -0.2) is 4.68 Å². The highest BCUT2D eigenvalue weighted by molar-refractivity contribution is 5.61. The van der Waals surface area contributed by atoms with E-state index in [0.717, 1.165) is 23.7 Å². The first-order chi connectivity index (χ1) is 8.86. The van der Waals surface area contributed by atoms with Gasteiger partial charge in [0.25, 0.3) is 0 Å². The molecule has 19 heavy (non-hydrogen) atoms. The third-order valence-corrected chi connectivity index (χ3v) is 3.19. The number of hydrogen-bond donors (Lipinski definition) is 1. The Bertz CT molecular complexity index is 444. The zero-order valence-electron chi connectivity index (χ0n) is 13.2. The number of aryl methyl sites for hydroxylation is 2. The summed E-state index contributed by atoms with van der Waals surface area (Å²) in [6.07, 6.45) is 2.21. The molecule has 0 atom stereocenters. The fourth-order valence-corrected chi connectivity index (χ4v) is 1.99. The Labute approximate surface area is 116 Å². The van der Waals surface area contributed by atoms with Gasteiger partial charge in [-0.05, 0) is 18.9 Å². The topological polar surface area (TPSA) is 39.1 Å². The van der Waals surface area contributed by atoms with Crippen molar-refractivity contribution in [3.8, 4) is 5.88 Å². The molecular formula is C15H27N3O. The van der Waals surface area contributed by atoms with E-state index in [1.54, 1.807) is 11.8 Å². The molecule has 4 heteroatoms. The SMILES string of the molecule is COc1c(/C=C(/CNC(C)C)C(C)C)c(C)nn1C. The van der Waals surface area contributed by atoms with Gasteiger partial charge in [-0.15, -0.1) is 0 Å². The molecule has 1 heterocycles. The molecule has 0 radical (unpaired) electrons. The summed E-state index contributed by atoms with van der Waals surface area (Å²) in [5, 5.41) is 7.89. The van der Waals surface area contributed by atoms with Crippen LogP contribution in [0.15, 0.2) is 5.57 Å². The second-order valence-corrected chi connectivity index (χ2v) is 5.54.